The van der Waals surface area contributed by atoms with Gasteiger partial charge in [-0.3, -0.25) is 4.21 Å². The quantitative estimate of drug-likeness (QED) is 0.555. The van der Waals surface area contributed by atoms with E-state index in [1.165, 1.54) is 11.1 Å². The molecule has 7 unspecified atom stereocenters. The summed E-state index contributed by atoms with van der Waals surface area (Å²) in [7, 11) is -1.28. The minimum atomic E-state index is -1.28. The third-order valence-electron chi connectivity index (χ3n) is 7.12. The molecule has 0 saturated carbocycles. The van der Waals surface area contributed by atoms with Crippen molar-refractivity contribution in [1.82, 2.24) is 0 Å². The van der Waals surface area contributed by atoms with Crippen LogP contribution in [0.3, 0.4) is 0 Å². The standard InChI is InChI=1S/C27H22O5S/c28-26(16-9-3-1-4-10-16)31-22-23(32-27(29)17-11-5-2-6-12-17)25-21-19-14-8-7-13-18(19)15-20(21)24(22)33(25)30/h1-14,20-25H,15H2. The zero-order valence-electron chi connectivity index (χ0n) is 17.7. The van der Waals surface area contributed by atoms with Gasteiger partial charge in [0.1, 0.15) is 0 Å². The van der Waals surface area contributed by atoms with Crippen LogP contribution in [-0.4, -0.2) is 38.9 Å². The van der Waals surface area contributed by atoms with E-state index in [2.05, 4.69) is 12.1 Å². The number of ether oxygens (including phenoxy) is 2. The Bertz CT molecular complexity index is 1240. The lowest BCUT2D eigenvalue weighted by Gasteiger charge is -2.35. The van der Waals surface area contributed by atoms with Gasteiger partial charge < -0.3 is 9.47 Å². The van der Waals surface area contributed by atoms with E-state index in [0.29, 0.717) is 11.1 Å². The van der Waals surface area contributed by atoms with Gasteiger partial charge in [0.25, 0.3) is 0 Å². The molecule has 3 aromatic rings. The molecule has 2 aliphatic heterocycles. The fourth-order valence-corrected chi connectivity index (χ4v) is 8.34. The highest BCUT2D eigenvalue weighted by molar-refractivity contribution is 7.87. The van der Waals surface area contributed by atoms with Crippen molar-refractivity contribution in [3.8, 4) is 0 Å². The van der Waals surface area contributed by atoms with Gasteiger partial charge in [-0.1, -0.05) is 60.7 Å². The predicted octanol–water partition coefficient (Wildman–Crippen LogP) is 3.91. The number of carbonyl (C=O) groups is 2. The maximum absolute atomic E-state index is 13.6. The molecule has 6 rings (SSSR count). The van der Waals surface area contributed by atoms with Crippen LogP contribution in [0.25, 0.3) is 0 Å². The Kier molecular flexibility index (Phi) is 4.91. The average molecular weight is 459 g/mol. The lowest BCUT2D eigenvalue weighted by atomic mass is 9.76. The molecule has 0 spiro atoms. The first-order chi connectivity index (χ1) is 16.1. The van der Waals surface area contributed by atoms with Crippen LogP contribution in [0.15, 0.2) is 84.9 Å². The van der Waals surface area contributed by atoms with Crippen molar-refractivity contribution in [3.63, 3.8) is 0 Å². The minimum absolute atomic E-state index is 0.0345. The van der Waals surface area contributed by atoms with Gasteiger partial charge in [-0.25, -0.2) is 9.59 Å². The Morgan fingerprint density at radius 2 is 1.21 bits per heavy atom. The Labute approximate surface area is 194 Å². The van der Waals surface area contributed by atoms with Gasteiger partial charge in [-0.15, -0.1) is 0 Å². The van der Waals surface area contributed by atoms with Crippen molar-refractivity contribution in [1.29, 1.82) is 0 Å². The van der Waals surface area contributed by atoms with Crippen molar-refractivity contribution in [2.24, 2.45) is 5.92 Å². The molecule has 0 N–H and O–H groups in total. The molecule has 6 heteroatoms. The molecule has 2 bridgehead atoms. The highest BCUT2D eigenvalue weighted by Gasteiger charge is 2.68. The molecule has 3 aromatic carbocycles. The van der Waals surface area contributed by atoms with Crippen LogP contribution < -0.4 is 0 Å². The van der Waals surface area contributed by atoms with Gasteiger partial charge in [0, 0.05) is 16.7 Å². The van der Waals surface area contributed by atoms with E-state index in [1.807, 2.05) is 24.3 Å². The van der Waals surface area contributed by atoms with E-state index in [4.69, 9.17) is 9.47 Å². The van der Waals surface area contributed by atoms with E-state index in [1.54, 1.807) is 48.5 Å². The maximum Gasteiger partial charge on any atom is 0.338 e. The van der Waals surface area contributed by atoms with Gasteiger partial charge >= 0.3 is 11.9 Å². The van der Waals surface area contributed by atoms with Crippen molar-refractivity contribution in [3.05, 3.63) is 107 Å². The van der Waals surface area contributed by atoms with Gasteiger partial charge in [-0.2, -0.15) is 0 Å². The summed E-state index contributed by atoms with van der Waals surface area (Å²) in [5.41, 5.74) is 3.26. The molecule has 0 aromatic heterocycles. The molecule has 5 nitrogen and oxygen atoms in total. The number of fused-ring (bicyclic) bond motifs is 7. The molecule has 33 heavy (non-hydrogen) atoms. The minimum Gasteiger partial charge on any atom is -0.453 e. The smallest absolute Gasteiger partial charge is 0.338 e. The lowest BCUT2D eigenvalue weighted by Crippen LogP contribution is -2.49. The van der Waals surface area contributed by atoms with Gasteiger partial charge in [-0.05, 0) is 47.7 Å². The van der Waals surface area contributed by atoms with Crippen molar-refractivity contribution in [2.75, 3.05) is 0 Å². The number of hydrogen-bond acceptors (Lipinski definition) is 5. The number of hydrogen-bond donors (Lipinski definition) is 0. The monoisotopic (exact) mass is 458 g/mol. The second-order valence-corrected chi connectivity index (χ2v) is 10.6. The zero-order valence-corrected chi connectivity index (χ0v) is 18.5. The molecule has 3 aliphatic rings. The van der Waals surface area contributed by atoms with Crippen LogP contribution in [0.1, 0.15) is 37.8 Å². The second-order valence-electron chi connectivity index (χ2n) is 8.82. The molecule has 2 fully saturated rings. The fourth-order valence-electron chi connectivity index (χ4n) is 5.78. The first-order valence-corrected chi connectivity index (χ1v) is 12.4. The first kappa shape index (κ1) is 20.4. The van der Waals surface area contributed by atoms with Gasteiger partial charge in [0.15, 0.2) is 12.2 Å². The molecule has 1 aliphatic carbocycles. The zero-order chi connectivity index (χ0) is 22.5. The Balaban J connectivity index is 1.35. The van der Waals surface area contributed by atoms with E-state index in [9.17, 15) is 13.8 Å². The summed E-state index contributed by atoms with van der Waals surface area (Å²) in [6, 6.07) is 25.7. The number of benzene rings is 3. The third-order valence-corrected chi connectivity index (χ3v) is 9.37. The van der Waals surface area contributed by atoms with Crippen LogP contribution in [0, 0.1) is 5.92 Å². The van der Waals surface area contributed by atoms with Gasteiger partial charge in [0.2, 0.25) is 0 Å². The number of rotatable bonds is 4. The summed E-state index contributed by atoms with van der Waals surface area (Å²) in [5.74, 6) is -0.840. The summed E-state index contributed by atoms with van der Waals surface area (Å²) in [4.78, 5) is 25.9. The Hall–Kier alpha value is -3.25. The molecule has 7 atom stereocenters. The second kappa shape index (κ2) is 7.96. The summed E-state index contributed by atoms with van der Waals surface area (Å²) in [6.45, 7) is 0. The first-order valence-electron chi connectivity index (χ1n) is 11.1. The van der Waals surface area contributed by atoms with E-state index in [-0.39, 0.29) is 17.1 Å². The predicted molar refractivity (Wildman–Crippen MR) is 123 cm³/mol. The van der Waals surface area contributed by atoms with Crippen LogP contribution in [0.2, 0.25) is 0 Å². The third kappa shape index (κ3) is 3.23. The Morgan fingerprint density at radius 1 is 0.697 bits per heavy atom. The van der Waals surface area contributed by atoms with Gasteiger partial charge in [0.05, 0.1) is 21.6 Å². The highest BCUT2D eigenvalue weighted by Crippen LogP contribution is 2.58. The normalized spacial score (nSPS) is 31.0. The summed E-state index contributed by atoms with van der Waals surface area (Å²) >= 11 is 0. The van der Waals surface area contributed by atoms with Crippen molar-refractivity contribution < 1.29 is 23.3 Å². The molecule has 2 heterocycles. The van der Waals surface area contributed by atoms with Crippen LogP contribution in [0.4, 0.5) is 0 Å². The molecule has 166 valence electrons. The highest BCUT2D eigenvalue weighted by atomic mass is 32.2. The molecular formula is C27H22O5S. The van der Waals surface area contributed by atoms with Crippen LogP contribution in [0.5, 0.6) is 0 Å². The molecule has 0 amide bonds. The van der Waals surface area contributed by atoms with E-state index in [0.717, 1.165) is 6.42 Å². The molecule has 0 radical (unpaired) electrons. The summed E-state index contributed by atoms with van der Waals surface area (Å²) in [6.07, 6.45) is -0.706. The largest absolute Gasteiger partial charge is 0.453 e. The number of carbonyl (C=O) groups excluding carboxylic acids is 2. The molecule has 2 saturated heterocycles. The van der Waals surface area contributed by atoms with Crippen LogP contribution >= 0.6 is 0 Å². The molecular weight excluding hydrogens is 436 g/mol. The average Bonchev–Trinajstić information content (AvgIpc) is 3.44. The summed E-state index contributed by atoms with van der Waals surface area (Å²) in [5, 5.41) is -0.765. The van der Waals surface area contributed by atoms with E-state index < -0.39 is 40.2 Å². The van der Waals surface area contributed by atoms with E-state index >= 15 is 0 Å². The Morgan fingerprint density at radius 3 is 1.82 bits per heavy atom. The topological polar surface area (TPSA) is 69.7 Å². The lowest BCUT2D eigenvalue weighted by molar-refractivity contribution is -0.0490. The maximum atomic E-state index is 13.6. The number of esters is 2. The summed E-state index contributed by atoms with van der Waals surface area (Å²) < 4.78 is 25.5. The fraction of sp³-hybridized carbons (Fsp3) is 0.259. The van der Waals surface area contributed by atoms with Crippen molar-refractivity contribution in [2.45, 2.75) is 35.0 Å². The van der Waals surface area contributed by atoms with Crippen LogP contribution in [-0.2, 0) is 26.7 Å². The SMILES string of the molecule is O=C(OC1C(OC(=O)c2ccccc2)C2C3c4ccccc4CC3C1S2=O)c1ccccc1. The van der Waals surface area contributed by atoms with Crippen molar-refractivity contribution >= 4 is 22.7 Å².